The molecule has 1 N–H and O–H groups in total. The van der Waals surface area contributed by atoms with E-state index in [1.165, 1.54) is 0 Å². The third-order valence-corrected chi connectivity index (χ3v) is 5.54. The highest BCUT2D eigenvalue weighted by atomic mass is 19.1. The first-order chi connectivity index (χ1) is 16.1. The van der Waals surface area contributed by atoms with Gasteiger partial charge in [-0.3, -0.25) is 9.69 Å². The van der Waals surface area contributed by atoms with E-state index in [4.69, 9.17) is 14.2 Å². The van der Waals surface area contributed by atoms with Gasteiger partial charge in [0.05, 0.1) is 30.8 Å². The second-order valence-corrected chi connectivity index (χ2v) is 7.58. The fourth-order valence-corrected chi connectivity index (χ4v) is 4.26. The molecule has 0 radical (unpaired) electrons. The number of hydrogen-bond donors (Lipinski definition) is 1. The molecular weight excluding hydrogens is 437 g/mol. The average molecular weight is 462 g/mol. The Morgan fingerprint density at radius 1 is 0.970 bits per heavy atom. The molecule has 2 aromatic carbocycles. The summed E-state index contributed by atoms with van der Waals surface area (Å²) in [4.78, 5) is 17.7. The number of aryl methyl sites for hydroxylation is 1. The van der Waals surface area contributed by atoms with Crippen LogP contribution in [-0.2, 0) is 15.9 Å². The number of rotatable bonds is 10. The van der Waals surface area contributed by atoms with Gasteiger partial charge in [-0.1, -0.05) is 30.3 Å². The Kier molecular flexibility index (Phi) is 6.90. The minimum absolute atomic E-state index is 0.0441. The highest BCUT2D eigenvalue weighted by Crippen LogP contribution is 2.49. The predicted molar refractivity (Wildman–Crippen MR) is 120 cm³/mol. The van der Waals surface area contributed by atoms with Crippen LogP contribution in [0, 0.1) is 6.92 Å². The molecule has 2 heterocycles. The third kappa shape index (κ3) is 4.18. The predicted octanol–water partition coefficient (Wildman–Crippen LogP) is 4.51. The zero-order chi connectivity index (χ0) is 23.4. The average Bonchev–Trinajstić information content (AvgIpc) is 3.16. The Balaban J connectivity index is 2.01. The maximum Gasteiger partial charge on any atom is 0.260 e. The van der Waals surface area contributed by atoms with E-state index >= 15 is 0 Å². The number of aromatic amines is 1. The van der Waals surface area contributed by atoms with Crippen LogP contribution in [0.25, 0.3) is 10.9 Å². The van der Waals surface area contributed by atoms with Crippen LogP contribution in [0.15, 0.2) is 47.3 Å². The second-order valence-electron chi connectivity index (χ2n) is 7.58. The second kappa shape index (κ2) is 9.84. The molecule has 0 fully saturated rings. The largest absolute Gasteiger partial charge is 0.489 e. The van der Waals surface area contributed by atoms with Crippen molar-refractivity contribution in [3.05, 3.63) is 63.9 Å². The molecule has 9 heteroatoms. The normalized spacial score (nSPS) is 14.6. The highest BCUT2D eigenvalue weighted by molar-refractivity contribution is 6.00. The SMILES string of the molecule is Cc1ccccc1N1c2c(c(=O)[nH]c3c(OCCF)cccc23)CC1(OCCF)OCCF. The molecule has 0 spiro atoms. The zero-order valence-corrected chi connectivity index (χ0v) is 18.2. The first-order valence-electron chi connectivity index (χ1n) is 10.7. The van der Waals surface area contributed by atoms with Crippen LogP contribution in [0.2, 0.25) is 0 Å². The van der Waals surface area contributed by atoms with Gasteiger partial charge in [-0.2, -0.15) is 0 Å². The van der Waals surface area contributed by atoms with Gasteiger partial charge in [0.1, 0.15) is 32.4 Å². The quantitative estimate of drug-likeness (QED) is 0.450. The van der Waals surface area contributed by atoms with Crippen molar-refractivity contribution < 1.29 is 27.4 Å². The van der Waals surface area contributed by atoms with E-state index in [9.17, 15) is 18.0 Å². The first-order valence-corrected chi connectivity index (χ1v) is 10.7. The molecule has 4 rings (SSSR count). The van der Waals surface area contributed by atoms with Crippen molar-refractivity contribution in [2.45, 2.75) is 19.3 Å². The van der Waals surface area contributed by atoms with E-state index in [1.54, 1.807) is 23.1 Å². The van der Waals surface area contributed by atoms with Crippen LogP contribution < -0.4 is 15.2 Å². The summed E-state index contributed by atoms with van der Waals surface area (Å²) in [6, 6.07) is 12.6. The molecule has 0 bridgehead atoms. The Hall–Kier alpha value is -3.04. The van der Waals surface area contributed by atoms with Crippen LogP contribution in [-0.4, -0.2) is 50.7 Å². The summed E-state index contributed by atoms with van der Waals surface area (Å²) in [7, 11) is 0. The molecule has 0 aliphatic carbocycles. The molecular formula is C24H25F3N2O4. The molecule has 6 nitrogen and oxygen atoms in total. The molecule has 0 amide bonds. The Morgan fingerprint density at radius 2 is 1.67 bits per heavy atom. The van der Waals surface area contributed by atoms with Gasteiger partial charge in [-0.05, 0) is 24.6 Å². The van der Waals surface area contributed by atoms with E-state index in [1.807, 2.05) is 31.2 Å². The summed E-state index contributed by atoms with van der Waals surface area (Å²) in [5, 5.41) is 0.610. The highest BCUT2D eigenvalue weighted by Gasteiger charge is 2.50. The Labute approximate surface area is 188 Å². The number of aromatic nitrogens is 1. The smallest absolute Gasteiger partial charge is 0.260 e. The van der Waals surface area contributed by atoms with Crippen molar-refractivity contribution in [3.63, 3.8) is 0 Å². The molecule has 0 unspecified atom stereocenters. The molecule has 0 saturated heterocycles. The van der Waals surface area contributed by atoms with Gasteiger partial charge in [-0.25, -0.2) is 13.2 Å². The number of pyridine rings is 1. The van der Waals surface area contributed by atoms with Crippen molar-refractivity contribution in [2.24, 2.45) is 0 Å². The Morgan fingerprint density at radius 3 is 2.33 bits per heavy atom. The lowest BCUT2D eigenvalue weighted by atomic mass is 10.1. The number of anilines is 2. The molecule has 3 aromatic rings. The fourth-order valence-electron chi connectivity index (χ4n) is 4.26. The monoisotopic (exact) mass is 462 g/mol. The lowest BCUT2D eigenvalue weighted by Crippen LogP contribution is -2.50. The Bertz CT molecular complexity index is 1180. The van der Waals surface area contributed by atoms with Crippen molar-refractivity contribution >= 4 is 22.3 Å². The molecule has 33 heavy (non-hydrogen) atoms. The summed E-state index contributed by atoms with van der Waals surface area (Å²) < 4.78 is 56.4. The molecule has 0 saturated carbocycles. The van der Waals surface area contributed by atoms with Crippen LogP contribution in [0.3, 0.4) is 0 Å². The number of para-hydroxylation sites is 2. The van der Waals surface area contributed by atoms with Crippen LogP contribution in [0.4, 0.5) is 24.5 Å². The molecule has 1 aliphatic rings. The van der Waals surface area contributed by atoms with Crippen molar-refractivity contribution in [1.29, 1.82) is 0 Å². The van der Waals surface area contributed by atoms with Gasteiger partial charge in [0.15, 0.2) is 0 Å². The number of H-pyrrole nitrogens is 1. The lowest BCUT2D eigenvalue weighted by Gasteiger charge is -2.40. The minimum Gasteiger partial charge on any atom is -0.489 e. The number of nitrogens with one attached hydrogen (secondary N) is 1. The number of fused-ring (bicyclic) bond motifs is 3. The number of ether oxygens (including phenoxy) is 3. The van der Waals surface area contributed by atoms with Gasteiger partial charge in [0.25, 0.3) is 11.5 Å². The van der Waals surface area contributed by atoms with Gasteiger partial charge >= 0.3 is 0 Å². The summed E-state index contributed by atoms with van der Waals surface area (Å²) in [6.07, 6.45) is -0.0441. The number of halogens is 3. The third-order valence-electron chi connectivity index (χ3n) is 5.54. The first kappa shape index (κ1) is 23.1. The van der Waals surface area contributed by atoms with E-state index in [-0.39, 0.29) is 26.2 Å². The summed E-state index contributed by atoms with van der Waals surface area (Å²) >= 11 is 0. The van der Waals surface area contributed by atoms with Gasteiger partial charge in [-0.15, -0.1) is 0 Å². The number of hydrogen-bond acceptors (Lipinski definition) is 5. The summed E-state index contributed by atoms with van der Waals surface area (Å²) in [5.41, 5.74) is 2.33. The summed E-state index contributed by atoms with van der Waals surface area (Å²) in [6.45, 7) is -1.13. The van der Waals surface area contributed by atoms with Gasteiger partial charge < -0.3 is 19.2 Å². The fraction of sp³-hybridized carbons (Fsp3) is 0.375. The van der Waals surface area contributed by atoms with Crippen LogP contribution >= 0.6 is 0 Å². The topological polar surface area (TPSA) is 63.8 Å². The van der Waals surface area contributed by atoms with E-state index in [2.05, 4.69) is 4.98 Å². The number of alkyl halides is 3. The van der Waals surface area contributed by atoms with Crippen LogP contribution in [0.1, 0.15) is 11.1 Å². The maximum absolute atomic E-state index is 13.2. The van der Waals surface area contributed by atoms with Crippen LogP contribution in [0.5, 0.6) is 5.75 Å². The summed E-state index contributed by atoms with van der Waals surface area (Å²) in [5.74, 6) is -1.30. The van der Waals surface area contributed by atoms with Crippen molar-refractivity contribution in [1.82, 2.24) is 4.98 Å². The van der Waals surface area contributed by atoms with Gasteiger partial charge in [0, 0.05) is 16.6 Å². The van der Waals surface area contributed by atoms with E-state index in [0.717, 1.165) is 5.56 Å². The standard InChI is InChI=1S/C24H25F3N2O4/c1-16-5-2-3-7-19(16)29-22-17-6-4-8-20(31-12-9-25)21(17)28-23(30)18(22)15-24(29,32-13-10-26)33-14-11-27/h2-8H,9-15H2,1H3,(H,28,30). The number of nitrogens with zero attached hydrogens (tertiary/aromatic N) is 1. The maximum atomic E-state index is 13.2. The minimum atomic E-state index is -1.62. The van der Waals surface area contributed by atoms with Crippen molar-refractivity contribution in [3.8, 4) is 5.75 Å². The van der Waals surface area contributed by atoms with Gasteiger partial charge in [0.2, 0.25) is 0 Å². The molecule has 176 valence electrons. The molecule has 0 atom stereocenters. The van der Waals surface area contributed by atoms with E-state index < -0.39 is 31.5 Å². The zero-order valence-electron chi connectivity index (χ0n) is 18.2. The van der Waals surface area contributed by atoms with E-state index in [0.29, 0.717) is 33.6 Å². The number of benzene rings is 2. The van der Waals surface area contributed by atoms with Crippen molar-refractivity contribution in [2.75, 3.05) is 44.7 Å². The lowest BCUT2D eigenvalue weighted by molar-refractivity contribution is -0.229. The molecule has 1 aromatic heterocycles. The molecule has 1 aliphatic heterocycles.